The van der Waals surface area contributed by atoms with Gasteiger partial charge in [-0.1, -0.05) is 5.57 Å². The highest BCUT2D eigenvalue weighted by Gasteiger charge is 2.36. The van der Waals surface area contributed by atoms with Crippen molar-refractivity contribution in [1.82, 2.24) is 0 Å². The molecule has 0 heterocycles. The average molecular weight is 226 g/mol. The van der Waals surface area contributed by atoms with E-state index in [0.717, 1.165) is 25.0 Å². The van der Waals surface area contributed by atoms with Crippen LogP contribution in [0.15, 0.2) is 11.6 Å². The quantitative estimate of drug-likeness (QED) is 0.494. The first kappa shape index (κ1) is 13.2. The second-order valence-electron chi connectivity index (χ2n) is 4.27. The Morgan fingerprint density at radius 3 is 2.75 bits per heavy atom. The van der Waals surface area contributed by atoms with Crippen LogP contribution in [0, 0.1) is 5.92 Å². The van der Waals surface area contributed by atoms with Gasteiger partial charge in [0.25, 0.3) is 0 Å². The molecule has 0 saturated heterocycles. The van der Waals surface area contributed by atoms with E-state index >= 15 is 0 Å². The molecule has 0 aromatic heterocycles. The Morgan fingerprint density at radius 2 is 2.12 bits per heavy atom. The van der Waals surface area contributed by atoms with Crippen LogP contribution in [0.5, 0.6) is 0 Å². The van der Waals surface area contributed by atoms with Crippen LogP contribution in [-0.2, 0) is 14.3 Å². The summed E-state index contributed by atoms with van der Waals surface area (Å²) in [5.41, 5.74) is 1.10. The van der Waals surface area contributed by atoms with E-state index in [2.05, 4.69) is 0 Å². The van der Waals surface area contributed by atoms with Gasteiger partial charge in [0.05, 0.1) is 12.7 Å². The summed E-state index contributed by atoms with van der Waals surface area (Å²) in [4.78, 5) is 11.2. The van der Waals surface area contributed by atoms with Gasteiger partial charge in [-0.3, -0.25) is 0 Å². The third kappa shape index (κ3) is 4.79. The second kappa shape index (κ2) is 6.69. The molecule has 1 aliphatic rings. The highest BCUT2D eigenvalue weighted by molar-refractivity contribution is 5.82. The van der Waals surface area contributed by atoms with E-state index in [1.165, 1.54) is 6.42 Å². The lowest BCUT2D eigenvalue weighted by molar-refractivity contribution is -0.137. The van der Waals surface area contributed by atoms with Crippen LogP contribution in [0.2, 0.25) is 0 Å². The van der Waals surface area contributed by atoms with E-state index in [1.807, 2.05) is 20.8 Å². The molecule has 0 aromatic carbocycles. The molecule has 1 fully saturated rings. The predicted molar refractivity (Wildman–Crippen MR) is 63.1 cm³/mol. The van der Waals surface area contributed by atoms with Crippen molar-refractivity contribution in [1.29, 1.82) is 0 Å². The Kier molecular flexibility index (Phi) is 5.53. The van der Waals surface area contributed by atoms with Crippen molar-refractivity contribution in [2.24, 2.45) is 5.92 Å². The monoisotopic (exact) mass is 226 g/mol. The van der Waals surface area contributed by atoms with Crippen LogP contribution in [0.1, 0.15) is 40.0 Å². The summed E-state index contributed by atoms with van der Waals surface area (Å²) in [6.07, 6.45) is 5.34. The van der Waals surface area contributed by atoms with E-state index in [-0.39, 0.29) is 5.97 Å². The van der Waals surface area contributed by atoms with Gasteiger partial charge in [0.15, 0.2) is 0 Å². The van der Waals surface area contributed by atoms with Gasteiger partial charge < -0.3 is 9.47 Å². The predicted octanol–water partition coefficient (Wildman–Crippen LogP) is 2.70. The molecule has 16 heavy (non-hydrogen) atoms. The van der Waals surface area contributed by atoms with Crippen molar-refractivity contribution < 1.29 is 14.3 Å². The van der Waals surface area contributed by atoms with Crippen molar-refractivity contribution in [2.75, 3.05) is 13.2 Å². The first-order valence-corrected chi connectivity index (χ1v) is 6.12. The molecule has 1 saturated carbocycles. The molecule has 0 amide bonds. The van der Waals surface area contributed by atoms with E-state index in [1.54, 1.807) is 6.08 Å². The van der Waals surface area contributed by atoms with E-state index < -0.39 is 0 Å². The summed E-state index contributed by atoms with van der Waals surface area (Å²) >= 11 is 0. The van der Waals surface area contributed by atoms with E-state index in [9.17, 15) is 4.79 Å². The van der Waals surface area contributed by atoms with E-state index in [4.69, 9.17) is 9.47 Å². The maximum atomic E-state index is 11.2. The molecular weight excluding hydrogens is 204 g/mol. The molecule has 1 aliphatic carbocycles. The fourth-order valence-electron chi connectivity index (χ4n) is 1.81. The van der Waals surface area contributed by atoms with E-state index in [0.29, 0.717) is 18.6 Å². The van der Waals surface area contributed by atoms with Crippen molar-refractivity contribution in [3.63, 3.8) is 0 Å². The Labute approximate surface area is 97.8 Å². The van der Waals surface area contributed by atoms with Gasteiger partial charge in [-0.2, -0.15) is 0 Å². The normalized spacial score (nSPS) is 24.3. The number of carbonyl (C=O) groups is 1. The maximum Gasteiger partial charge on any atom is 0.330 e. The second-order valence-corrected chi connectivity index (χ2v) is 4.27. The number of ether oxygens (including phenoxy) is 2. The maximum absolute atomic E-state index is 11.2. The van der Waals surface area contributed by atoms with Crippen LogP contribution >= 0.6 is 0 Å². The molecule has 92 valence electrons. The lowest BCUT2D eigenvalue weighted by atomic mass is 10.1. The minimum Gasteiger partial charge on any atom is -0.463 e. The lowest BCUT2D eigenvalue weighted by Gasteiger charge is -2.02. The molecule has 2 atom stereocenters. The number of allylic oxidation sites excluding steroid dienone is 1. The van der Waals surface area contributed by atoms with Gasteiger partial charge in [-0.25, -0.2) is 4.79 Å². The first-order chi connectivity index (χ1) is 7.67. The van der Waals surface area contributed by atoms with Crippen LogP contribution < -0.4 is 0 Å². The number of carbonyl (C=O) groups excluding carboxylic acids is 1. The van der Waals surface area contributed by atoms with Crippen molar-refractivity contribution in [3.05, 3.63) is 11.6 Å². The molecule has 1 unspecified atom stereocenters. The van der Waals surface area contributed by atoms with Gasteiger partial charge in [-0.05, 0) is 46.0 Å². The summed E-state index contributed by atoms with van der Waals surface area (Å²) < 4.78 is 10.4. The summed E-state index contributed by atoms with van der Waals surface area (Å²) in [5, 5.41) is 0. The van der Waals surface area contributed by atoms with Gasteiger partial charge >= 0.3 is 5.97 Å². The standard InChI is InChI=1S/C13H22O3/c1-4-15-12-9-11(12)7-6-10(3)8-13(14)16-5-2/h8,11-12H,4-7,9H2,1-3H3/b10-8+/t11?,12-/m1/s1. The summed E-state index contributed by atoms with van der Waals surface area (Å²) in [7, 11) is 0. The SMILES string of the molecule is CCOC(=O)/C=C(\C)CCC1C[C@H]1OCC. The van der Waals surface area contributed by atoms with Crippen LogP contribution in [0.25, 0.3) is 0 Å². The molecular formula is C13H22O3. The zero-order valence-electron chi connectivity index (χ0n) is 10.5. The fourth-order valence-corrected chi connectivity index (χ4v) is 1.81. The van der Waals surface area contributed by atoms with Crippen molar-refractivity contribution in [2.45, 2.75) is 46.1 Å². The molecule has 3 nitrogen and oxygen atoms in total. The molecule has 1 rings (SSSR count). The summed E-state index contributed by atoms with van der Waals surface area (Å²) in [6.45, 7) is 7.07. The largest absolute Gasteiger partial charge is 0.463 e. The van der Waals surface area contributed by atoms with Gasteiger partial charge in [-0.15, -0.1) is 0 Å². The van der Waals surface area contributed by atoms with Gasteiger partial charge in [0, 0.05) is 12.7 Å². The van der Waals surface area contributed by atoms with Crippen LogP contribution in [-0.4, -0.2) is 25.3 Å². The first-order valence-electron chi connectivity index (χ1n) is 6.12. The highest BCUT2D eigenvalue weighted by Crippen LogP contribution is 2.38. The van der Waals surface area contributed by atoms with Crippen LogP contribution in [0.3, 0.4) is 0 Å². The third-order valence-corrected chi connectivity index (χ3v) is 2.80. The Morgan fingerprint density at radius 1 is 1.38 bits per heavy atom. The number of rotatable bonds is 7. The third-order valence-electron chi connectivity index (χ3n) is 2.80. The minimum atomic E-state index is -0.225. The molecule has 3 heteroatoms. The van der Waals surface area contributed by atoms with Crippen LogP contribution in [0.4, 0.5) is 0 Å². The minimum absolute atomic E-state index is 0.225. The van der Waals surface area contributed by atoms with Gasteiger partial charge in [0.1, 0.15) is 0 Å². The zero-order valence-corrected chi connectivity index (χ0v) is 10.5. The molecule has 0 bridgehead atoms. The molecule has 0 N–H and O–H groups in total. The molecule has 0 radical (unpaired) electrons. The topological polar surface area (TPSA) is 35.5 Å². The fraction of sp³-hybridized carbons (Fsp3) is 0.769. The Hall–Kier alpha value is -0.830. The van der Waals surface area contributed by atoms with Crippen molar-refractivity contribution >= 4 is 5.97 Å². The Balaban J connectivity index is 2.15. The Bertz CT molecular complexity index is 258. The summed E-state index contributed by atoms with van der Waals surface area (Å²) in [5.74, 6) is 0.475. The molecule has 0 aliphatic heterocycles. The highest BCUT2D eigenvalue weighted by atomic mass is 16.5. The average Bonchev–Trinajstić information content (AvgIpc) is 2.94. The molecule has 0 spiro atoms. The molecule has 0 aromatic rings. The smallest absolute Gasteiger partial charge is 0.330 e. The van der Waals surface area contributed by atoms with Gasteiger partial charge in [0.2, 0.25) is 0 Å². The zero-order chi connectivity index (χ0) is 12.0. The number of hydrogen-bond acceptors (Lipinski definition) is 3. The summed E-state index contributed by atoms with van der Waals surface area (Å²) in [6, 6.07) is 0. The lowest BCUT2D eigenvalue weighted by Crippen LogP contribution is -2.01. The number of hydrogen-bond donors (Lipinski definition) is 0. The number of esters is 1. The van der Waals surface area contributed by atoms with Crippen molar-refractivity contribution in [3.8, 4) is 0 Å².